The number of nitrogens with zero attached hydrogens (tertiary/aromatic N) is 18. The standard InChI is InChI=1S/C23H20N4O2.C22H19N5O.C18H20N6O3S.C16H12F2N4O.C14H14N6O/c1-15(2)20-21(26-22-19(24-3)13-25-27(22)23(20)28)17-9-11-18(12-10-17)29-14-16-7-5-4-6-8-16;1-14(2)19-20(26-21-18(23-3)13-24-27(21)22(19)28)15-9-11-17(12-10-15)25-16-7-5-4-6-8-16;1-4-28(26,27)7-5-6-23-11-14(10-20-23)16-15(12(2)3)18(25)24-17(22-16)13(8-19)9-21-24;1-8(2)13-14(9-4-10(17)6-11(18)5-9)21-15-12(19-3)7-20-22(15)16(13)23;1-7(2)11-12(10-6-16-19-8(10)3)18-13-9(4-15)5-17-20(13)14(11)21/h4-13,15,25H,14H2,1-2H3;4-14,24-25H,1-2H3;4,9-12,21H,1,5-7H2,2-3H3;4-8,20H,1-2H3;5-7,17H,1-3H3,(H,16,19). The SMILES string of the molecule is C=CS(=O)(=O)CCCn1cc(-c2nc3c(C#N)c[nH]n3c(=O)c2C(C)C)cn1.Cc1[nH]ncc1-c1nc2c(C#N)c[nH]n2c(=O)c1C(C)C.[C-]#[N+]c1c[nH]n2c(=O)c(C(C)C)c(-c3cc(F)cc(F)c3)nc12.[C-]#[N+]c1c[nH]n2c(=O)c(C(C)C)c(-c3ccc(Nc4ccccc4)cc3)nc12.[C-]#[N+]c1c[nH]n2c(=O)c(C(C)C)c(-c3ccc(OCc4ccccc4)cc3)nc12. The summed E-state index contributed by atoms with van der Waals surface area (Å²) in [6, 6.07) is 42.3. The van der Waals surface area contributed by atoms with Crippen LogP contribution in [-0.2, 0) is 23.0 Å². The molecule has 0 spiro atoms. The van der Waals surface area contributed by atoms with Crippen molar-refractivity contribution in [1.29, 1.82) is 10.5 Å². The Hall–Kier alpha value is -16.8. The highest BCUT2D eigenvalue weighted by Crippen LogP contribution is 2.35. The normalized spacial score (nSPS) is 11.2. The van der Waals surface area contributed by atoms with Crippen molar-refractivity contribution in [3.8, 4) is 74.2 Å². The molecule has 0 saturated carbocycles. The van der Waals surface area contributed by atoms with Gasteiger partial charge in [0.25, 0.3) is 27.8 Å². The Bertz CT molecular complexity index is 7760. The predicted octanol–water partition coefficient (Wildman–Crippen LogP) is 17.2. The Morgan fingerprint density at radius 2 is 0.876 bits per heavy atom. The van der Waals surface area contributed by atoms with Crippen LogP contribution in [0.2, 0.25) is 0 Å². The molecule has 12 aromatic heterocycles. The number of fused-ring (bicyclic) bond motifs is 5. The van der Waals surface area contributed by atoms with Crippen LogP contribution >= 0.6 is 0 Å². The second-order valence-corrected chi connectivity index (χ2v) is 33.3. The number of H-pyrrole nitrogens is 6. The number of aromatic amines is 6. The Balaban J connectivity index is 0.000000138. The highest BCUT2D eigenvalue weighted by Gasteiger charge is 2.27. The van der Waals surface area contributed by atoms with Crippen LogP contribution in [0.15, 0.2) is 213 Å². The van der Waals surface area contributed by atoms with Crippen molar-refractivity contribution in [2.75, 3.05) is 11.1 Å². The summed E-state index contributed by atoms with van der Waals surface area (Å²) in [6.07, 6.45) is 12.7. The van der Waals surface area contributed by atoms with Crippen molar-refractivity contribution in [3.05, 3.63) is 337 Å². The van der Waals surface area contributed by atoms with Crippen LogP contribution in [0, 0.1) is 60.9 Å². The van der Waals surface area contributed by atoms with Crippen LogP contribution in [0.3, 0.4) is 0 Å². The Morgan fingerprint density at radius 1 is 0.496 bits per heavy atom. The molecule has 0 radical (unpaired) electrons. The fourth-order valence-electron chi connectivity index (χ4n) is 14.5. The zero-order chi connectivity index (χ0) is 92.4. The van der Waals surface area contributed by atoms with Gasteiger partial charge in [0.2, 0.25) is 17.1 Å². The third-order valence-corrected chi connectivity index (χ3v) is 22.1. The Kier molecular flexibility index (Phi) is 26.9. The lowest BCUT2D eigenvalue weighted by atomic mass is 9.98. The molecule has 5 aromatic carbocycles. The first-order chi connectivity index (χ1) is 61.9. The molecule has 650 valence electrons. The van der Waals surface area contributed by atoms with Gasteiger partial charge in [0.15, 0.2) is 38.1 Å². The minimum Gasteiger partial charge on any atom is -0.489 e. The number of aryl methyl sites for hydroxylation is 2. The van der Waals surface area contributed by atoms with E-state index in [-0.39, 0.29) is 96.9 Å². The van der Waals surface area contributed by atoms with Gasteiger partial charge >= 0.3 is 0 Å². The van der Waals surface area contributed by atoms with E-state index in [1.165, 1.54) is 53.6 Å². The van der Waals surface area contributed by atoms with Gasteiger partial charge in [-0.2, -0.15) is 20.7 Å². The number of anilines is 2. The van der Waals surface area contributed by atoms with Crippen molar-refractivity contribution >= 4 is 66.5 Å². The molecule has 17 rings (SSSR count). The van der Waals surface area contributed by atoms with Gasteiger partial charge in [0.05, 0.1) is 66.3 Å². The number of nitriles is 2. The average molecular weight is 1750 g/mol. The monoisotopic (exact) mass is 1750 g/mol. The highest BCUT2D eigenvalue weighted by atomic mass is 32.2. The van der Waals surface area contributed by atoms with Gasteiger partial charge in [0, 0.05) is 128 Å². The summed E-state index contributed by atoms with van der Waals surface area (Å²) in [5, 5.41) is 47.7. The minimum atomic E-state index is -3.25. The Morgan fingerprint density at radius 3 is 1.29 bits per heavy atom. The first-order valence-electron chi connectivity index (χ1n) is 40.6. The molecule has 33 nitrogen and oxygen atoms in total. The summed E-state index contributed by atoms with van der Waals surface area (Å²) >= 11 is 0. The maximum absolute atomic E-state index is 13.5. The van der Waals surface area contributed by atoms with Crippen LogP contribution in [-0.4, -0.2) is 107 Å². The Labute approximate surface area is 735 Å². The summed E-state index contributed by atoms with van der Waals surface area (Å²) in [5.74, 6) is -1.11. The van der Waals surface area contributed by atoms with Crippen molar-refractivity contribution in [1.82, 2.24) is 93.0 Å². The van der Waals surface area contributed by atoms with Gasteiger partial charge in [-0.1, -0.05) is 136 Å². The number of hydrogen-bond donors (Lipinski definition) is 7. The molecule has 0 fully saturated rings. The average Bonchev–Trinajstić information content (AvgIpc) is 1.73. The minimum absolute atomic E-state index is 0.0000331. The van der Waals surface area contributed by atoms with Crippen molar-refractivity contribution in [2.45, 2.75) is 125 Å². The summed E-state index contributed by atoms with van der Waals surface area (Å²) in [5.41, 5.74) is 13.9. The molecule has 0 aliphatic heterocycles. The van der Waals surface area contributed by atoms with Crippen LogP contribution in [0.25, 0.3) is 99.1 Å². The molecule has 0 bridgehead atoms. The van der Waals surface area contributed by atoms with Gasteiger partial charge in [0.1, 0.15) is 47.3 Å². The predicted molar refractivity (Wildman–Crippen MR) is 487 cm³/mol. The van der Waals surface area contributed by atoms with Gasteiger partial charge in [-0.05, 0) is 109 Å². The molecule has 0 unspecified atom stereocenters. The van der Waals surface area contributed by atoms with E-state index >= 15 is 0 Å². The van der Waals surface area contributed by atoms with E-state index in [4.69, 9.17) is 29.7 Å². The molecule has 0 aliphatic carbocycles. The molecule has 0 amide bonds. The number of benzene rings is 5. The van der Waals surface area contributed by atoms with Crippen molar-refractivity contribution < 1.29 is 21.9 Å². The fourth-order valence-corrected chi connectivity index (χ4v) is 15.1. The maximum atomic E-state index is 13.5. The van der Waals surface area contributed by atoms with E-state index in [9.17, 15) is 46.4 Å². The zero-order valence-electron chi connectivity index (χ0n) is 71.7. The fraction of sp³-hybridized carbons (Fsp3) is 0.215. The van der Waals surface area contributed by atoms with Crippen LogP contribution in [0.1, 0.15) is 155 Å². The lowest BCUT2D eigenvalue weighted by molar-refractivity contribution is 0.306. The molecule has 0 atom stereocenters. The van der Waals surface area contributed by atoms with Gasteiger partial charge in [-0.25, -0.2) is 79.2 Å². The molecule has 17 aromatic rings. The molecule has 36 heteroatoms. The number of hydrogen-bond acceptors (Lipinski definition) is 18. The first-order valence-corrected chi connectivity index (χ1v) is 42.3. The second-order valence-electron chi connectivity index (χ2n) is 31.2. The molecule has 0 saturated heterocycles. The molecule has 129 heavy (non-hydrogen) atoms. The molecular weight excluding hydrogens is 1670 g/mol. The number of sulfone groups is 1. The van der Waals surface area contributed by atoms with E-state index < -0.39 is 21.5 Å². The van der Waals surface area contributed by atoms with E-state index in [2.05, 4.69) is 92.1 Å². The van der Waals surface area contributed by atoms with E-state index in [1.807, 2.05) is 184 Å². The zero-order valence-corrected chi connectivity index (χ0v) is 72.5. The molecule has 12 heterocycles. The smallest absolute Gasteiger partial charge is 0.276 e. The number of ether oxygens (including phenoxy) is 1. The molecule has 0 aliphatic rings. The topological polar surface area (TPSA) is 413 Å². The first kappa shape index (κ1) is 90.0. The van der Waals surface area contributed by atoms with Gasteiger partial charge < -0.3 is 25.3 Å². The lowest BCUT2D eigenvalue weighted by Gasteiger charge is -2.13. The van der Waals surface area contributed by atoms with Gasteiger partial charge in [-0.15, -0.1) is 0 Å². The number of nitrogens with one attached hydrogen (secondary N) is 7. The summed E-state index contributed by atoms with van der Waals surface area (Å²) in [6.45, 7) is 46.9. The quantitative estimate of drug-likeness (QED) is 0.0348. The summed E-state index contributed by atoms with van der Waals surface area (Å²) in [7, 11) is -3.25. The molecular formula is C93H85F2N25O8S. The maximum Gasteiger partial charge on any atom is 0.276 e. The van der Waals surface area contributed by atoms with Crippen molar-refractivity contribution in [2.24, 2.45) is 0 Å². The lowest BCUT2D eigenvalue weighted by Crippen LogP contribution is -2.22. The van der Waals surface area contributed by atoms with E-state index in [0.717, 1.165) is 68.7 Å². The van der Waals surface area contributed by atoms with Crippen LogP contribution in [0.4, 0.5) is 37.2 Å². The van der Waals surface area contributed by atoms with E-state index in [1.54, 1.807) is 37.1 Å². The molecule has 7 N–H and O–H groups in total. The van der Waals surface area contributed by atoms with Crippen LogP contribution < -0.4 is 37.8 Å². The summed E-state index contributed by atoms with van der Waals surface area (Å²) < 4.78 is 64.0. The number of para-hydroxylation sites is 1. The second kappa shape index (κ2) is 38.5. The largest absolute Gasteiger partial charge is 0.489 e. The van der Waals surface area contributed by atoms with E-state index in [0.29, 0.717) is 110 Å². The highest BCUT2D eigenvalue weighted by molar-refractivity contribution is 7.94. The number of halogens is 2. The number of aromatic nitrogens is 19. The third kappa shape index (κ3) is 19.0. The van der Waals surface area contributed by atoms with Crippen molar-refractivity contribution in [3.63, 3.8) is 0 Å². The van der Waals surface area contributed by atoms with Crippen LogP contribution in [0.5, 0.6) is 5.75 Å². The van der Waals surface area contributed by atoms with Gasteiger partial charge in [-0.3, -0.25) is 44.0 Å². The summed E-state index contributed by atoms with van der Waals surface area (Å²) in [4.78, 5) is 97.1. The number of rotatable bonds is 20. The third-order valence-electron chi connectivity index (χ3n) is 20.7.